The number of aliphatic carboxylic acids is 1. The maximum absolute atomic E-state index is 12.8. The van der Waals surface area contributed by atoms with E-state index in [4.69, 9.17) is 0 Å². The van der Waals surface area contributed by atoms with Crippen molar-refractivity contribution >= 4 is 56.7 Å². The highest BCUT2D eigenvalue weighted by Crippen LogP contribution is 2.35. The molecule has 2 N–H and O–H groups in total. The van der Waals surface area contributed by atoms with Crippen molar-refractivity contribution in [3.05, 3.63) is 53.6 Å². The van der Waals surface area contributed by atoms with E-state index in [0.29, 0.717) is 30.2 Å². The molecule has 37 heavy (non-hydrogen) atoms. The molecule has 0 saturated heterocycles. The fraction of sp³-hybridized carbons (Fsp3) is 0.448. The van der Waals surface area contributed by atoms with Crippen LogP contribution >= 0.6 is 23.1 Å². The van der Waals surface area contributed by atoms with Crippen LogP contribution in [0.4, 0.5) is 5.69 Å². The number of carboxylic acids is 1. The first-order valence-electron chi connectivity index (χ1n) is 13.2. The average Bonchev–Trinajstić information content (AvgIpc) is 3.34. The fourth-order valence-electron chi connectivity index (χ4n) is 5.61. The molecule has 8 heteroatoms. The largest absolute Gasteiger partial charge is 0.481 e. The van der Waals surface area contributed by atoms with Gasteiger partial charge in [-0.3, -0.25) is 14.4 Å². The van der Waals surface area contributed by atoms with E-state index in [2.05, 4.69) is 22.4 Å². The van der Waals surface area contributed by atoms with Gasteiger partial charge in [-0.15, -0.1) is 11.3 Å². The first-order chi connectivity index (χ1) is 18.0. The summed E-state index contributed by atoms with van der Waals surface area (Å²) < 4.78 is 1.73. The van der Waals surface area contributed by atoms with Gasteiger partial charge in [-0.05, 0) is 55.4 Å². The van der Waals surface area contributed by atoms with Gasteiger partial charge in [-0.2, -0.15) is 0 Å². The molecule has 1 amide bonds. The van der Waals surface area contributed by atoms with Gasteiger partial charge in [-0.1, -0.05) is 68.1 Å². The van der Waals surface area contributed by atoms with Gasteiger partial charge in [0, 0.05) is 11.3 Å². The number of hydrogen-bond donors (Lipinski definition) is 2. The van der Waals surface area contributed by atoms with Gasteiger partial charge in [0.2, 0.25) is 5.91 Å². The maximum Gasteiger partial charge on any atom is 0.307 e. The molecule has 0 bridgehead atoms. The second kappa shape index (κ2) is 11.8. The van der Waals surface area contributed by atoms with Crippen molar-refractivity contribution in [3.8, 4) is 0 Å². The standard InChI is InChI=1S/C29H32N2O4S2/c32-25(20-12-10-19(11-13-20)18-6-2-1-3-7-18)17-36-29-31-24-15-14-21(16-26(24)37-29)30-27(33)22-8-4-5-9-23(22)28(34)35/h10-16,18,22-23H,1-9,17H2,(H,30,33)(H,34,35)/t22-,23+/m1/s1. The minimum absolute atomic E-state index is 0.0906. The number of aromatic nitrogens is 1. The van der Waals surface area contributed by atoms with Gasteiger partial charge in [0.05, 0.1) is 27.8 Å². The minimum atomic E-state index is -0.894. The molecule has 2 fully saturated rings. The summed E-state index contributed by atoms with van der Waals surface area (Å²) in [6, 6.07) is 13.7. The Balaban J connectivity index is 1.19. The molecule has 0 unspecified atom stereocenters. The van der Waals surface area contributed by atoms with E-state index >= 15 is 0 Å². The number of rotatable bonds is 8. The van der Waals surface area contributed by atoms with Gasteiger partial charge in [0.25, 0.3) is 0 Å². The van der Waals surface area contributed by atoms with E-state index in [-0.39, 0.29) is 11.7 Å². The fourth-order valence-corrected chi connectivity index (χ4v) is 7.61. The molecule has 5 rings (SSSR count). The Hall–Kier alpha value is -2.71. The predicted octanol–water partition coefficient (Wildman–Crippen LogP) is 7.15. The van der Waals surface area contributed by atoms with Crippen LogP contribution in [0.15, 0.2) is 46.8 Å². The SMILES string of the molecule is O=C(CSc1nc2ccc(NC(=O)[C@@H]3CCCC[C@@H]3C(=O)O)cc2s1)c1ccc(C2CCCCC2)cc1. The first-order valence-corrected chi connectivity index (χ1v) is 15.0. The number of nitrogens with zero attached hydrogens (tertiary/aromatic N) is 1. The van der Waals surface area contributed by atoms with Crippen molar-refractivity contribution in [3.63, 3.8) is 0 Å². The Labute approximate surface area is 225 Å². The van der Waals surface area contributed by atoms with Crippen LogP contribution in [-0.4, -0.2) is 33.5 Å². The zero-order chi connectivity index (χ0) is 25.8. The van der Waals surface area contributed by atoms with E-state index in [1.165, 1.54) is 60.8 Å². The quantitative estimate of drug-likeness (QED) is 0.234. The number of nitrogens with one attached hydrogen (secondary N) is 1. The van der Waals surface area contributed by atoms with E-state index in [1.807, 2.05) is 24.3 Å². The molecular formula is C29H32N2O4S2. The molecule has 2 aliphatic rings. The summed E-state index contributed by atoms with van der Waals surface area (Å²) in [6.45, 7) is 0. The lowest BCUT2D eigenvalue weighted by Gasteiger charge is -2.27. The Morgan fingerprint density at radius 2 is 1.62 bits per heavy atom. The van der Waals surface area contributed by atoms with Crippen molar-refractivity contribution in [2.45, 2.75) is 68.0 Å². The maximum atomic E-state index is 12.8. The monoisotopic (exact) mass is 536 g/mol. The molecule has 194 valence electrons. The van der Waals surface area contributed by atoms with Crippen LogP contribution in [-0.2, 0) is 9.59 Å². The van der Waals surface area contributed by atoms with E-state index in [0.717, 1.165) is 33.0 Å². The Kier molecular flexibility index (Phi) is 8.25. The number of carbonyl (C=O) groups is 3. The number of fused-ring (bicyclic) bond motifs is 1. The van der Waals surface area contributed by atoms with Crippen molar-refractivity contribution in [2.75, 3.05) is 11.1 Å². The first kappa shape index (κ1) is 25.9. The van der Waals surface area contributed by atoms with Crippen molar-refractivity contribution < 1.29 is 19.5 Å². The number of ketones is 1. The second-order valence-electron chi connectivity index (χ2n) is 10.2. The number of benzene rings is 2. The minimum Gasteiger partial charge on any atom is -0.481 e. The summed E-state index contributed by atoms with van der Waals surface area (Å²) in [5.41, 5.74) is 3.54. The lowest BCUT2D eigenvalue weighted by molar-refractivity contribution is -0.147. The molecular weight excluding hydrogens is 504 g/mol. The van der Waals surface area contributed by atoms with Gasteiger partial charge in [-0.25, -0.2) is 4.98 Å². The normalized spacial score (nSPS) is 20.5. The molecule has 0 radical (unpaired) electrons. The van der Waals surface area contributed by atoms with E-state index in [1.54, 1.807) is 6.07 Å². The number of anilines is 1. The van der Waals surface area contributed by atoms with Crippen molar-refractivity contribution in [1.29, 1.82) is 0 Å². The molecule has 6 nitrogen and oxygen atoms in total. The number of amides is 1. The Bertz CT molecular complexity index is 1280. The highest BCUT2D eigenvalue weighted by Gasteiger charge is 2.35. The summed E-state index contributed by atoms with van der Waals surface area (Å²) in [5.74, 6) is -1.20. The zero-order valence-electron chi connectivity index (χ0n) is 20.8. The third kappa shape index (κ3) is 6.24. The van der Waals surface area contributed by atoms with Crippen molar-refractivity contribution in [1.82, 2.24) is 4.98 Å². The van der Waals surface area contributed by atoms with E-state index in [9.17, 15) is 19.5 Å². The van der Waals surface area contributed by atoms with Gasteiger partial charge in [0.15, 0.2) is 10.1 Å². The number of thiazole rings is 1. The number of hydrogen-bond acceptors (Lipinski definition) is 6. The third-order valence-electron chi connectivity index (χ3n) is 7.69. The molecule has 1 aromatic heterocycles. The zero-order valence-corrected chi connectivity index (χ0v) is 22.4. The van der Waals surface area contributed by atoms with Crippen LogP contribution in [0, 0.1) is 11.8 Å². The topological polar surface area (TPSA) is 96.4 Å². The lowest BCUT2D eigenvalue weighted by Crippen LogP contribution is -2.36. The van der Waals surface area contributed by atoms with Gasteiger partial charge < -0.3 is 10.4 Å². The molecule has 1 heterocycles. The van der Waals surface area contributed by atoms with E-state index < -0.39 is 17.8 Å². The third-order valence-corrected chi connectivity index (χ3v) is 9.85. The number of thioether (sulfide) groups is 1. The lowest BCUT2D eigenvalue weighted by atomic mass is 9.78. The highest BCUT2D eigenvalue weighted by molar-refractivity contribution is 8.01. The Morgan fingerprint density at radius 1 is 0.919 bits per heavy atom. The molecule has 2 aliphatic carbocycles. The second-order valence-corrected chi connectivity index (χ2v) is 12.4. The number of carboxylic acid groups (broad SMARTS) is 1. The average molecular weight is 537 g/mol. The van der Waals surface area contributed by atoms with Gasteiger partial charge >= 0.3 is 5.97 Å². The summed E-state index contributed by atoms with van der Waals surface area (Å²) in [4.78, 5) is 41.8. The molecule has 2 atom stereocenters. The molecule has 2 aromatic carbocycles. The van der Waals surface area contributed by atoms with Crippen molar-refractivity contribution in [2.24, 2.45) is 11.8 Å². The summed E-state index contributed by atoms with van der Waals surface area (Å²) >= 11 is 2.92. The number of carbonyl (C=O) groups excluding carboxylic acids is 2. The van der Waals surface area contributed by atoms with Gasteiger partial charge in [0.1, 0.15) is 0 Å². The molecule has 0 spiro atoms. The Morgan fingerprint density at radius 3 is 2.35 bits per heavy atom. The highest BCUT2D eigenvalue weighted by atomic mass is 32.2. The van der Waals surface area contributed by atoms with Crippen LogP contribution < -0.4 is 5.32 Å². The molecule has 3 aromatic rings. The molecule has 0 aliphatic heterocycles. The van der Waals surface area contributed by atoms with Crippen LogP contribution in [0.3, 0.4) is 0 Å². The summed E-state index contributed by atoms with van der Waals surface area (Å²) in [6.07, 6.45) is 9.29. The van der Waals surface area contributed by atoms with Crippen LogP contribution in [0.5, 0.6) is 0 Å². The predicted molar refractivity (Wildman–Crippen MR) is 149 cm³/mol. The smallest absolute Gasteiger partial charge is 0.307 e. The molecule has 2 saturated carbocycles. The van der Waals surface area contributed by atoms with Crippen LogP contribution in [0.1, 0.15) is 79.6 Å². The summed E-state index contributed by atoms with van der Waals surface area (Å²) in [5, 5.41) is 12.4. The van der Waals surface area contributed by atoms with Crippen LogP contribution in [0.2, 0.25) is 0 Å². The summed E-state index contributed by atoms with van der Waals surface area (Å²) in [7, 11) is 0. The van der Waals surface area contributed by atoms with Crippen LogP contribution in [0.25, 0.3) is 10.2 Å². The number of Topliss-reactive ketones (excluding diaryl/α,β-unsaturated/α-hetero) is 1.